The van der Waals surface area contributed by atoms with Gasteiger partial charge in [-0.1, -0.05) is 38.1 Å². The second-order valence-corrected chi connectivity index (χ2v) is 6.60. The van der Waals surface area contributed by atoms with E-state index in [1.165, 1.54) is 0 Å². The summed E-state index contributed by atoms with van der Waals surface area (Å²) in [4.78, 5) is 16.3. The number of carbonyl (C=O) groups is 1. The van der Waals surface area contributed by atoms with Gasteiger partial charge in [-0.3, -0.25) is 9.80 Å². The molecule has 1 atom stereocenters. The Labute approximate surface area is 126 Å². The molecule has 0 radical (unpaired) electrons. The van der Waals surface area contributed by atoms with Crippen LogP contribution in [0.5, 0.6) is 0 Å². The Bertz CT molecular complexity index is 585. The molecule has 1 amide bonds. The molecule has 0 aromatic heterocycles. The molecule has 2 saturated heterocycles. The third-order valence-electron chi connectivity index (χ3n) is 4.67. The summed E-state index contributed by atoms with van der Waals surface area (Å²) in [5, 5.41) is 4.20. The van der Waals surface area contributed by atoms with Crippen LogP contribution in [-0.4, -0.2) is 29.0 Å². The van der Waals surface area contributed by atoms with Gasteiger partial charge >= 0.3 is 0 Å². The summed E-state index contributed by atoms with van der Waals surface area (Å²) in [6.45, 7) is 13.0. The first-order valence-corrected chi connectivity index (χ1v) is 7.59. The summed E-state index contributed by atoms with van der Waals surface area (Å²) in [6.07, 6.45) is 2.99. The molecule has 1 aromatic rings. The third-order valence-corrected chi connectivity index (χ3v) is 4.67. The SMILES string of the molecule is [C-]#[N+]c1ccc([C@@H]2CCN3CCCC(C)(C)C(=O)N23)cc1. The first kappa shape index (κ1) is 14.1. The minimum atomic E-state index is -0.284. The zero-order valence-electron chi connectivity index (χ0n) is 12.7. The van der Waals surface area contributed by atoms with Gasteiger partial charge in [0, 0.05) is 18.5 Å². The largest absolute Gasteiger partial charge is 0.273 e. The van der Waals surface area contributed by atoms with Gasteiger partial charge < -0.3 is 0 Å². The summed E-state index contributed by atoms with van der Waals surface area (Å²) in [7, 11) is 0. The van der Waals surface area contributed by atoms with Crippen LogP contribution in [0.25, 0.3) is 4.85 Å². The molecule has 4 heteroatoms. The highest BCUT2D eigenvalue weighted by molar-refractivity contribution is 5.82. The lowest BCUT2D eigenvalue weighted by molar-refractivity contribution is -0.154. The first-order valence-electron chi connectivity index (χ1n) is 7.59. The lowest BCUT2D eigenvalue weighted by Gasteiger charge is -2.34. The van der Waals surface area contributed by atoms with Crippen LogP contribution in [-0.2, 0) is 4.79 Å². The van der Waals surface area contributed by atoms with Crippen molar-refractivity contribution in [1.29, 1.82) is 0 Å². The maximum Gasteiger partial charge on any atom is 0.243 e. The average Bonchev–Trinajstić information content (AvgIpc) is 2.85. The molecular formula is C17H21N3O. The Morgan fingerprint density at radius 2 is 1.95 bits per heavy atom. The third kappa shape index (κ3) is 2.43. The maximum absolute atomic E-state index is 12.9. The van der Waals surface area contributed by atoms with Crippen LogP contribution in [0.1, 0.15) is 44.7 Å². The van der Waals surface area contributed by atoms with Crippen molar-refractivity contribution < 1.29 is 4.79 Å². The predicted octanol–water partition coefficient (Wildman–Crippen LogP) is 3.55. The molecule has 110 valence electrons. The zero-order valence-corrected chi connectivity index (χ0v) is 12.7. The lowest BCUT2D eigenvalue weighted by atomic mass is 9.86. The molecule has 0 saturated carbocycles. The molecule has 0 bridgehead atoms. The Hall–Kier alpha value is -1.86. The molecule has 2 aliphatic rings. The predicted molar refractivity (Wildman–Crippen MR) is 81.5 cm³/mol. The van der Waals surface area contributed by atoms with Gasteiger partial charge in [-0.2, -0.15) is 0 Å². The second-order valence-electron chi connectivity index (χ2n) is 6.60. The van der Waals surface area contributed by atoms with E-state index in [2.05, 4.69) is 23.7 Å². The fraction of sp³-hybridized carbons (Fsp3) is 0.529. The molecule has 3 rings (SSSR count). The quantitative estimate of drug-likeness (QED) is 0.737. The van der Waals surface area contributed by atoms with Crippen LogP contribution in [0, 0.1) is 12.0 Å². The van der Waals surface area contributed by atoms with Gasteiger partial charge in [-0.15, -0.1) is 0 Å². The van der Waals surface area contributed by atoms with Crippen molar-refractivity contribution >= 4 is 11.6 Å². The van der Waals surface area contributed by atoms with E-state index in [1.807, 2.05) is 29.3 Å². The zero-order chi connectivity index (χ0) is 15.0. The van der Waals surface area contributed by atoms with E-state index in [9.17, 15) is 4.79 Å². The number of rotatable bonds is 1. The Morgan fingerprint density at radius 1 is 1.24 bits per heavy atom. The fourth-order valence-electron chi connectivity index (χ4n) is 3.39. The van der Waals surface area contributed by atoms with Gasteiger partial charge in [-0.25, -0.2) is 9.85 Å². The molecule has 2 heterocycles. The Morgan fingerprint density at radius 3 is 2.62 bits per heavy atom. The smallest absolute Gasteiger partial charge is 0.243 e. The molecule has 2 fully saturated rings. The molecule has 4 nitrogen and oxygen atoms in total. The van der Waals surface area contributed by atoms with Gasteiger partial charge in [0.15, 0.2) is 5.69 Å². The van der Waals surface area contributed by atoms with Crippen molar-refractivity contribution in [2.45, 2.75) is 39.2 Å². The maximum atomic E-state index is 12.9. The molecule has 0 spiro atoms. The molecule has 0 unspecified atom stereocenters. The molecule has 0 N–H and O–H groups in total. The van der Waals surface area contributed by atoms with E-state index in [4.69, 9.17) is 6.57 Å². The van der Waals surface area contributed by atoms with Crippen LogP contribution in [0.2, 0.25) is 0 Å². The Balaban J connectivity index is 1.92. The highest BCUT2D eigenvalue weighted by atomic mass is 16.2. The van der Waals surface area contributed by atoms with Crippen LogP contribution >= 0.6 is 0 Å². The van der Waals surface area contributed by atoms with E-state index in [0.717, 1.165) is 37.9 Å². The monoisotopic (exact) mass is 283 g/mol. The number of nitrogens with zero attached hydrogens (tertiary/aromatic N) is 3. The number of hydrazine groups is 1. The molecule has 1 aromatic carbocycles. The summed E-state index contributed by atoms with van der Waals surface area (Å²) < 4.78 is 0. The van der Waals surface area contributed by atoms with Gasteiger partial charge in [0.25, 0.3) is 0 Å². The second kappa shape index (κ2) is 5.16. The minimum Gasteiger partial charge on any atom is -0.273 e. The van der Waals surface area contributed by atoms with Gasteiger partial charge in [0.1, 0.15) is 0 Å². The van der Waals surface area contributed by atoms with Crippen molar-refractivity contribution in [3.63, 3.8) is 0 Å². The fourth-order valence-corrected chi connectivity index (χ4v) is 3.39. The standard InChI is InChI=1S/C17H21N3O/c1-17(2)10-4-11-19-12-9-15(20(19)16(17)21)13-5-7-14(18-3)8-6-13/h5-8,15H,4,9-12H2,1-2H3/t15-/m0/s1. The van der Waals surface area contributed by atoms with Crippen LogP contribution < -0.4 is 0 Å². The van der Waals surface area contributed by atoms with E-state index in [0.29, 0.717) is 5.69 Å². The molecular weight excluding hydrogens is 262 g/mol. The normalized spacial score (nSPS) is 25.3. The number of carbonyl (C=O) groups excluding carboxylic acids is 1. The van der Waals surface area contributed by atoms with Gasteiger partial charge in [-0.05, 0) is 24.8 Å². The van der Waals surface area contributed by atoms with E-state index < -0.39 is 0 Å². The average molecular weight is 283 g/mol. The number of amides is 1. The number of hydrogen-bond donors (Lipinski definition) is 0. The summed E-state index contributed by atoms with van der Waals surface area (Å²) in [5.41, 5.74) is 1.50. The molecule has 0 aliphatic carbocycles. The summed E-state index contributed by atoms with van der Waals surface area (Å²) in [6, 6.07) is 7.80. The van der Waals surface area contributed by atoms with Crippen LogP contribution in [0.3, 0.4) is 0 Å². The number of fused-ring (bicyclic) bond motifs is 1. The minimum absolute atomic E-state index is 0.120. The number of benzene rings is 1. The summed E-state index contributed by atoms with van der Waals surface area (Å²) >= 11 is 0. The molecule has 2 aliphatic heterocycles. The van der Waals surface area contributed by atoms with E-state index in [1.54, 1.807) is 0 Å². The highest BCUT2D eigenvalue weighted by Crippen LogP contribution is 2.40. The van der Waals surface area contributed by atoms with E-state index in [-0.39, 0.29) is 17.4 Å². The van der Waals surface area contributed by atoms with Crippen molar-refractivity contribution in [3.05, 3.63) is 41.2 Å². The van der Waals surface area contributed by atoms with Gasteiger partial charge in [0.2, 0.25) is 5.91 Å². The first-order chi connectivity index (χ1) is 10.0. The van der Waals surface area contributed by atoms with Gasteiger partial charge in [0.05, 0.1) is 12.6 Å². The van der Waals surface area contributed by atoms with Crippen molar-refractivity contribution in [3.8, 4) is 0 Å². The van der Waals surface area contributed by atoms with Crippen molar-refractivity contribution in [2.24, 2.45) is 5.41 Å². The van der Waals surface area contributed by atoms with Crippen LogP contribution in [0.15, 0.2) is 24.3 Å². The van der Waals surface area contributed by atoms with Crippen molar-refractivity contribution in [1.82, 2.24) is 10.0 Å². The summed E-state index contributed by atoms with van der Waals surface area (Å²) in [5.74, 6) is 0.233. The van der Waals surface area contributed by atoms with Crippen molar-refractivity contribution in [2.75, 3.05) is 13.1 Å². The van der Waals surface area contributed by atoms with E-state index >= 15 is 0 Å². The van der Waals surface area contributed by atoms with Crippen LogP contribution in [0.4, 0.5) is 5.69 Å². The lowest BCUT2D eigenvalue weighted by Crippen LogP contribution is -2.45. The number of hydrogen-bond acceptors (Lipinski definition) is 2. The topological polar surface area (TPSA) is 27.9 Å². The highest BCUT2D eigenvalue weighted by Gasteiger charge is 2.44. The molecule has 21 heavy (non-hydrogen) atoms. The Kier molecular flexibility index (Phi) is 3.46.